The normalized spacial score (nSPS) is 11.5. The average molecular weight is 245 g/mol. The number of benzene rings is 1. The molecule has 17 heavy (non-hydrogen) atoms. The number of hydrogen-bond acceptors (Lipinski definition) is 2. The molecule has 0 fully saturated rings. The summed E-state index contributed by atoms with van der Waals surface area (Å²) in [5.74, 6) is -0.762. The molecule has 0 spiro atoms. The van der Waals surface area contributed by atoms with Gasteiger partial charge in [0.2, 0.25) is 0 Å². The second kappa shape index (κ2) is 5.38. The van der Waals surface area contributed by atoms with Crippen LogP contribution in [0.2, 0.25) is 0 Å². The molecule has 0 bridgehead atoms. The molecule has 0 radical (unpaired) electrons. The summed E-state index contributed by atoms with van der Waals surface area (Å²) in [6.07, 6.45) is -1.67. The zero-order valence-electron chi connectivity index (χ0n) is 8.91. The first-order chi connectivity index (χ1) is 7.92. The highest BCUT2D eigenvalue weighted by atomic mass is 19.4. The number of carbonyl (C=O) groups excluding carboxylic acids is 1. The summed E-state index contributed by atoms with van der Waals surface area (Å²) < 4.78 is 39.2. The van der Waals surface area contributed by atoms with Gasteiger partial charge in [-0.2, -0.15) is 0 Å². The quantitative estimate of drug-likeness (QED) is 0.889. The van der Waals surface area contributed by atoms with E-state index in [9.17, 15) is 18.0 Å². The predicted molar refractivity (Wildman–Crippen MR) is 55.4 cm³/mol. The number of carbonyl (C=O) groups is 1. The Morgan fingerprint density at radius 2 is 1.88 bits per heavy atom. The van der Waals surface area contributed by atoms with Gasteiger partial charge >= 0.3 is 6.36 Å². The van der Waals surface area contributed by atoms with Crippen LogP contribution in [0, 0.1) is 0 Å². The maximum absolute atomic E-state index is 11.9. The fraction of sp³-hybridized carbons (Fsp3) is 0.182. The molecule has 0 saturated carbocycles. The van der Waals surface area contributed by atoms with Gasteiger partial charge in [0.1, 0.15) is 5.75 Å². The summed E-state index contributed by atoms with van der Waals surface area (Å²) in [5.41, 5.74) is 0.248. The smallest absolute Gasteiger partial charge is 0.406 e. The van der Waals surface area contributed by atoms with E-state index in [0.717, 1.165) is 12.1 Å². The van der Waals surface area contributed by atoms with Crippen molar-refractivity contribution >= 4 is 5.91 Å². The Balaban J connectivity index is 2.71. The maximum Gasteiger partial charge on any atom is 0.573 e. The molecule has 1 aromatic carbocycles. The van der Waals surface area contributed by atoms with E-state index in [4.69, 9.17) is 0 Å². The number of ether oxygens (including phenoxy) is 1. The van der Waals surface area contributed by atoms with Crippen molar-refractivity contribution in [2.75, 3.05) is 0 Å². The minimum absolute atomic E-state index is 0.248. The Kier molecular flexibility index (Phi) is 4.14. The van der Waals surface area contributed by atoms with E-state index in [0.29, 0.717) is 0 Å². The predicted octanol–water partition coefficient (Wildman–Crippen LogP) is 2.85. The third-order valence-electron chi connectivity index (χ3n) is 1.73. The zero-order chi connectivity index (χ0) is 12.9. The lowest BCUT2D eigenvalue weighted by molar-refractivity contribution is -0.274. The van der Waals surface area contributed by atoms with Gasteiger partial charge in [-0.3, -0.25) is 4.79 Å². The van der Waals surface area contributed by atoms with Crippen molar-refractivity contribution in [2.24, 2.45) is 0 Å². The number of alkyl halides is 3. The first kappa shape index (κ1) is 13.1. The van der Waals surface area contributed by atoms with Gasteiger partial charge in [0.05, 0.1) is 0 Å². The van der Waals surface area contributed by atoms with Crippen LogP contribution in [-0.4, -0.2) is 12.3 Å². The first-order valence-corrected chi connectivity index (χ1v) is 4.70. The molecule has 0 atom stereocenters. The van der Waals surface area contributed by atoms with E-state index in [-0.39, 0.29) is 11.3 Å². The maximum atomic E-state index is 11.9. The fourth-order valence-corrected chi connectivity index (χ4v) is 1.05. The van der Waals surface area contributed by atoms with Crippen molar-refractivity contribution in [3.63, 3.8) is 0 Å². The molecule has 0 aromatic heterocycles. The third-order valence-corrected chi connectivity index (χ3v) is 1.73. The highest BCUT2D eigenvalue weighted by Gasteiger charge is 2.30. The summed E-state index contributed by atoms with van der Waals surface area (Å²) in [6.45, 7) is 1.72. The molecule has 6 heteroatoms. The van der Waals surface area contributed by atoms with Crippen LogP contribution >= 0.6 is 0 Å². The average Bonchev–Trinajstić information content (AvgIpc) is 2.24. The lowest BCUT2D eigenvalue weighted by atomic mass is 10.2. The Hall–Kier alpha value is -1.98. The van der Waals surface area contributed by atoms with Crippen LogP contribution in [0.5, 0.6) is 5.75 Å². The van der Waals surface area contributed by atoms with Crippen molar-refractivity contribution in [3.05, 3.63) is 42.1 Å². The summed E-state index contributed by atoms with van der Waals surface area (Å²) >= 11 is 0. The largest absolute Gasteiger partial charge is 0.573 e. The zero-order valence-corrected chi connectivity index (χ0v) is 8.91. The van der Waals surface area contributed by atoms with Gasteiger partial charge in [-0.05, 0) is 37.4 Å². The van der Waals surface area contributed by atoms with Gasteiger partial charge in [0, 0.05) is 5.56 Å². The summed E-state index contributed by atoms with van der Waals surface area (Å²) in [7, 11) is 0. The molecule has 3 nitrogen and oxygen atoms in total. The van der Waals surface area contributed by atoms with Crippen molar-refractivity contribution in [2.45, 2.75) is 13.3 Å². The molecule has 0 aliphatic carbocycles. The van der Waals surface area contributed by atoms with Gasteiger partial charge in [-0.15, -0.1) is 13.2 Å². The first-order valence-electron chi connectivity index (χ1n) is 4.70. The molecule has 1 N–H and O–H groups in total. The Morgan fingerprint density at radius 3 is 2.35 bits per heavy atom. The van der Waals surface area contributed by atoms with Crippen LogP contribution in [0.1, 0.15) is 17.3 Å². The summed E-state index contributed by atoms with van der Waals surface area (Å²) in [6, 6.07) is 4.66. The minimum atomic E-state index is -4.73. The molecule has 0 aliphatic rings. The second-order valence-corrected chi connectivity index (χ2v) is 3.05. The monoisotopic (exact) mass is 245 g/mol. The molecule has 0 saturated heterocycles. The van der Waals surface area contributed by atoms with Crippen molar-refractivity contribution in [1.29, 1.82) is 0 Å². The molecular formula is C11H10F3NO2. The van der Waals surface area contributed by atoms with Crippen LogP contribution in [0.4, 0.5) is 13.2 Å². The highest BCUT2D eigenvalue weighted by Crippen LogP contribution is 2.22. The van der Waals surface area contributed by atoms with Crippen molar-refractivity contribution < 1.29 is 22.7 Å². The summed E-state index contributed by atoms with van der Waals surface area (Å²) in [4.78, 5) is 11.4. The van der Waals surface area contributed by atoms with Gasteiger partial charge in [-0.25, -0.2) is 0 Å². The van der Waals surface area contributed by atoms with Gasteiger partial charge < -0.3 is 10.1 Å². The Bertz CT molecular complexity index is 410. The third kappa shape index (κ3) is 4.58. The van der Waals surface area contributed by atoms with E-state index in [1.165, 1.54) is 18.3 Å². The lowest BCUT2D eigenvalue weighted by Gasteiger charge is -2.08. The Morgan fingerprint density at radius 1 is 1.29 bits per heavy atom. The van der Waals surface area contributed by atoms with E-state index < -0.39 is 12.3 Å². The topological polar surface area (TPSA) is 38.3 Å². The van der Waals surface area contributed by atoms with Crippen LogP contribution in [0.25, 0.3) is 0 Å². The van der Waals surface area contributed by atoms with Gasteiger partial charge in [0.25, 0.3) is 5.91 Å². The van der Waals surface area contributed by atoms with Crippen LogP contribution < -0.4 is 10.1 Å². The molecular weight excluding hydrogens is 235 g/mol. The number of allylic oxidation sites excluding steroid dienone is 1. The molecule has 0 unspecified atom stereocenters. The molecule has 1 amide bonds. The molecule has 92 valence electrons. The van der Waals surface area contributed by atoms with Crippen molar-refractivity contribution in [1.82, 2.24) is 5.32 Å². The van der Waals surface area contributed by atoms with Crippen LogP contribution in [-0.2, 0) is 0 Å². The second-order valence-electron chi connectivity index (χ2n) is 3.05. The molecule has 0 aliphatic heterocycles. The molecule has 1 aromatic rings. The Labute approximate surface area is 95.9 Å². The van der Waals surface area contributed by atoms with E-state index in [1.54, 1.807) is 13.0 Å². The standard InChI is InChI=1S/C11H10F3NO2/c1-2-7-15-10(16)8-3-5-9(6-4-8)17-11(12,13)14/h2-7H,1H3,(H,15,16). The van der Waals surface area contributed by atoms with Gasteiger partial charge in [-0.1, -0.05) is 6.08 Å². The van der Waals surface area contributed by atoms with Crippen molar-refractivity contribution in [3.8, 4) is 5.75 Å². The number of amides is 1. The fourth-order valence-electron chi connectivity index (χ4n) is 1.05. The van der Waals surface area contributed by atoms with E-state index in [1.807, 2.05) is 0 Å². The van der Waals surface area contributed by atoms with Crippen LogP contribution in [0.3, 0.4) is 0 Å². The van der Waals surface area contributed by atoms with E-state index >= 15 is 0 Å². The lowest BCUT2D eigenvalue weighted by Crippen LogP contribution is -2.18. The molecule has 1 rings (SSSR count). The minimum Gasteiger partial charge on any atom is -0.406 e. The van der Waals surface area contributed by atoms with Gasteiger partial charge in [0.15, 0.2) is 0 Å². The number of rotatable bonds is 3. The highest BCUT2D eigenvalue weighted by molar-refractivity contribution is 5.94. The summed E-state index contributed by atoms with van der Waals surface area (Å²) in [5, 5.41) is 2.43. The van der Waals surface area contributed by atoms with E-state index in [2.05, 4.69) is 10.1 Å². The number of hydrogen-bond donors (Lipinski definition) is 1. The number of halogens is 3. The van der Waals surface area contributed by atoms with Crippen LogP contribution in [0.15, 0.2) is 36.5 Å². The number of nitrogens with one attached hydrogen (secondary N) is 1. The SMILES string of the molecule is CC=CNC(=O)c1ccc(OC(F)(F)F)cc1. The molecule has 0 heterocycles.